The van der Waals surface area contributed by atoms with E-state index in [0.29, 0.717) is 31.5 Å². The van der Waals surface area contributed by atoms with E-state index in [0.717, 1.165) is 11.3 Å². The van der Waals surface area contributed by atoms with Crippen molar-refractivity contribution in [1.29, 1.82) is 0 Å². The van der Waals surface area contributed by atoms with Crippen molar-refractivity contribution >= 4 is 12.0 Å². The molecule has 1 atom stereocenters. The van der Waals surface area contributed by atoms with E-state index in [4.69, 9.17) is 4.74 Å². The second kappa shape index (κ2) is 8.33. The molecular weight excluding hydrogens is 395 g/mol. The summed E-state index contributed by atoms with van der Waals surface area (Å²) in [4.78, 5) is 30.0. The van der Waals surface area contributed by atoms with E-state index < -0.39 is 23.2 Å². The van der Waals surface area contributed by atoms with Gasteiger partial charge in [0.15, 0.2) is 0 Å². The molecule has 0 bridgehead atoms. The van der Waals surface area contributed by atoms with Crippen molar-refractivity contribution in [1.82, 2.24) is 9.80 Å². The Hall–Kier alpha value is -2.89. The van der Waals surface area contributed by atoms with Crippen LogP contribution in [0.4, 0.5) is 9.18 Å². The molecule has 0 spiro atoms. The van der Waals surface area contributed by atoms with Crippen molar-refractivity contribution in [3.63, 3.8) is 0 Å². The van der Waals surface area contributed by atoms with Gasteiger partial charge >= 0.3 is 6.09 Å². The van der Waals surface area contributed by atoms with Gasteiger partial charge in [0, 0.05) is 18.8 Å². The molecule has 166 valence electrons. The monoisotopic (exact) mass is 426 g/mol. The molecule has 2 amide bonds. The molecule has 31 heavy (non-hydrogen) atoms. The molecule has 3 rings (SSSR count). The van der Waals surface area contributed by atoms with Crippen LogP contribution in [0.5, 0.6) is 0 Å². The van der Waals surface area contributed by atoms with Crippen molar-refractivity contribution in [2.45, 2.75) is 52.2 Å². The van der Waals surface area contributed by atoms with Crippen molar-refractivity contribution in [2.24, 2.45) is 5.41 Å². The standard InChI is InChI=1S/C25H31FN2O3/c1-7-11-25(12-8-2)16-20-21(19-10-9-18(26)15-17(19)3)28(14-13-27(20)22(25)29)23(30)31-24(4,5)6/h7-10,15-16,21H,1-2,11-14H2,3-6H3. The van der Waals surface area contributed by atoms with Crippen LogP contribution >= 0.6 is 0 Å². The maximum absolute atomic E-state index is 13.8. The summed E-state index contributed by atoms with van der Waals surface area (Å²) in [7, 11) is 0. The maximum atomic E-state index is 13.8. The molecule has 0 radical (unpaired) electrons. The lowest BCUT2D eigenvalue weighted by Crippen LogP contribution is -2.51. The number of halogens is 1. The topological polar surface area (TPSA) is 49.9 Å². The summed E-state index contributed by atoms with van der Waals surface area (Å²) >= 11 is 0. The van der Waals surface area contributed by atoms with Crippen molar-refractivity contribution < 1.29 is 18.7 Å². The Morgan fingerprint density at radius 2 is 1.90 bits per heavy atom. The van der Waals surface area contributed by atoms with Gasteiger partial charge in [-0.05, 0) is 69.9 Å². The lowest BCUT2D eigenvalue weighted by Gasteiger charge is -2.42. The first-order chi connectivity index (χ1) is 14.5. The number of carbonyl (C=O) groups is 2. The van der Waals surface area contributed by atoms with Gasteiger partial charge in [-0.3, -0.25) is 9.69 Å². The highest BCUT2D eigenvalue weighted by molar-refractivity contribution is 5.91. The van der Waals surface area contributed by atoms with E-state index in [-0.39, 0.29) is 11.7 Å². The number of piperazine rings is 1. The fourth-order valence-corrected chi connectivity index (χ4v) is 4.44. The zero-order valence-electron chi connectivity index (χ0n) is 18.8. The van der Waals surface area contributed by atoms with Gasteiger partial charge in [0.2, 0.25) is 5.91 Å². The number of nitrogens with zero attached hydrogens (tertiary/aromatic N) is 2. The van der Waals surface area contributed by atoms with Crippen molar-refractivity contribution in [3.8, 4) is 0 Å². The van der Waals surface area contributed by atoms with E-state index in [1.54, 1.807) is 28.0 Å². The van der Waals surface area contributed by atoms with Gasteiger partial charge in [0.05, 0.1) is 5.41 Å². The number of rotatable bonds is 5. The van der Waals surface area contributed by atoms with Gasteiger partial charge in [0.1, 0.15) is 17.5 Å². The highest BCUT2D eigenvalue weighted by Crippen LogP contribution is 2.47. The molecule has 2 aliphatic heterocycles. The summed E-state index contributed by atoms with van der Waals surface area (Å²) in [6.45, 7) is 15.6. The fourth-order valence-electron chi connectivity index (χ4n) is 4.44. The minimum Gasteiger partial charge on any atom is -0.444 e. The number of aryl methyl sites for hydroxylation is 1. The molecular formula is C25H31FN2O3. The Labute approximate surface area is 183 Å². The fraction of sp³-hybridized carbons (Fsp3) is 0.440. The molecule has 1 fully saturated rings. The number of carbonyl (C=O) groups excluding carboxylic acids is 2. The predicted molar refractivity (Wildman–Crippen MR) is 119 cm³/mol. The van der Waals surface area contributed by atoms with Gasteiger partial charge in [0.25, 0.3) is 0 Å². The molecule has 5 nitrogen and oxygen atoms in total. The lowest BCUT2D eigenvalue weighted by molar-refractivity contribution is -0.136. The molecule has 0 aliphatic carbocycles. The van der Waals surface area contributed by atoms with Crippen LogP contribution in [-0.4, -0.2) is 40.5 Å². The summed E-state index contributed by atoms with van der Waals surface area (Å²) in [5.41, 5.74) is 0.768. The van der Waals surface area contributed by atoms with Crippen LogP contribution in [-0.2, 0) is 9.53 Å². The van der Waals surface area contributed by atoms with Gasteiger partial charge in [-0.1, -0.05) is 18.2 Å². The Kier molecular flexibility index (Phi) is 6.12. The summed E-state index contributed by atoms with van der Waals surface area (Å²) in [5.74, 6) is -0.363. The Morgan fingerprint density at radius 1 is 1.26 bits per heavy atom. The first-order valence-corrected chi connectivity index (χ1v) is 10.5. The van der Waals surface area contributed by atoms with Gasteiger partial charge in [-0.15, -0.1) is 13.2 Å². The summed E-state index contributed by atoms with van der Waals surface area (Å²) < 4.78 is 19.5. The second-order valence-corrected chi connectivity index (χ2v) is 9.24. The van der Waals surface area contributed by atoms with Crippen LogP contribution in [0.25, 0.3) is 0 Å². The molecule has 1 aromatic rings. The molecule has 2 heterocycles. The van der Waals surface area contributed by atoms with E-state index in [9.17, 15) is 14.0 Å². The van der Waals surface area contributed by atoms with Gasteiger partial charge in [-0.25, -0.2) is 9.18 Å². The molecule has 0 aromatic heterocycles. The molecule has 1 unspecified atom stereocenters. The number of ether oxygens (including phenoxy) is 1. The summed E-state index contributed by atoms with van der Waals surface area (Å²) in [6.07, 6.45) is 5.90. The molecule has 0 saturated carbocycles. The van der Waals surface area contributed by atoms with Crippen LogP contribution in [0.1, 0.15) is 50.8 Å². The highest BCUT2D eigenvalue weighted by Gasteiger charge is 2.50. The van der Waals surface area contributed by atoms with E-state index >= 15 is 0 Å². The van der Waals surface area contributed by atoms with Crippen molar-refractivity contribution in [2.75, 3.05) is 13.1 Å². The third-order valence-corrected chi connectivity index (χ3v) is 5.73. The van der Waals surface area contributed by atoms with Crippen molar-refractivity contribution in [3.05, 3.63) is 72.2 Å². The summed E-state index contributed by atoms with van der Waals surface area (Å²) in [5, 5.41) is 0. The van der Waals surface area contributed by atoms with Crippen LogP contribution in [0.3, 0.4) is 0 Å². The molecule has 0 N–H and O–H groups in total. The minimum absolute atomic E-state index is 0.0177. The third kappa shape index (κ3) is 4.29. The number of allylic oxidation sites excluding steroid dienone is 2. The van der Waals surface area contributed by atoms with Crippen LogP contribution < -0.4 is 0 Å². The second-order valence-electron chi connectivity index (χ2n) is 9.24. The minimum atomic E-state index is -0.769. The van der Waals surface area contributed by atoms with E-state index in [1.165, 1.54) is 12.1 Å². The smallest absolute Gasteiger partial charge is 0.411 e. The quantitative estimate of drug-likeness (QED) is 0.601. The number of benzene rings is 1. The molecule has 1 saturated heterocycles. The number of fused-ring (bicyclic) bond motifs is 1. The third-order valence-electron chi connectivity index (χ3n) is 5.73. The van der Waals surface area contributed by atoms with Gasteiger partial charge in [-0.2, -0.15) is 0 Å². The number of hydrogen-bond donors (Lipinski definition) is 0. The lowest BCUT2D eigenvalue weighted by atomic mass is 9.81. The van der Waals surface area contributed by atoms with E-state index in [2.05, 4.69) is 13.2 Å². The predicted octanol–water partition coefficient (Wildman–Crippen LogP) is 5.29. The first kappa shape index (κ1) is 22.8. The average Bonchev–Trinajstić information content (AvgIpc) is 2.93. The molecule has 2 aliphatic rings. The average molecular weight is 427 g/mol. The number of hydrogen-bond acceptors (Lipinski definition) is 3. The van der Waals surface area contributed by atoms with Crippen LogP contribution in [0.2, 0.25) is 0 Å². The Bertz CT molecular complexity index is 935. The zero-order valence-corrected chi connectivity index (χ0v) is 18.8. The van der Waals surface area contributed by atoms with Crippen LogP contribution in [0, 0.1) is 18.2 Å². The zero-order chi connectivity index (χ0) is 23.0. The largest absolute Gasteiger partial charge is 0.444 e. The normalized spacial score (nSPS) is 20.2. The van der Waals surface area contributed by atoms with Crippen LogP contribution in [0.15, 0.2) is 55.3 Å². The summed E-state index contributed by atoms with van der Waals surface area (Å²) in [6, 6.07) is 3.96. The van der Waals surface area contributed by atoms with E-state index in [1.807, 2.05) is 33.8 Å². The molecule has 1 aromatic carbocycles. The maximum Gasteiger partial charge on any atom is 0.411 e. The first-order valence-electron chi connectivity index (χ1n) is 10.5. The Balaban J connectivity index is 2.15. The Morgan fingerprint density at radius 3 is 2.45 bits per heavy atom. The van der Waals surface area contributed by atoms with Gasteiger partial charge < -0.3 is 9.64 Å². The SMILES string of the molecule is C=CCC1(CC=C)C=C2C(c3ccc(F)cc3C)N(C(=O)OC(C)(C)C)CCN2C1=O. The highest BCUT2D eigenvalue weighted by atomic mass is 19.1. The number of amides is 2. The molecule has 6 heteroatoms.